The number of methoxy groups -OCH3 is 1. The van der Waals surface area contributed by atoms with Crippen LogP contribution in [-0.2, 0) is 0 Å². The Morgan fingerprint density at radius 3 is 2.60 bits per heavy atom. The first-order valence-corrected chi connectivity index (χ1v) is 8.49. The van der Waals surface area contributed by atoms with Gasteiger partial charge in [0.1, 0.15) is 11.6 Å². The molecule has 1 aliphatic rings. The van der Waals surface area contributed by atoms with Gasteiger partial charge in [-0.15, -0.1) is 0 Å². The summed E-state index contributed by atoms with van der Waals surface area (Å²) in [7, 11) is 3.64. The lowest BCUT2D eigenvalue weighted by Gasteiger charge is -2.33. The average molecular weight is 361 g/mol. The van der Waals surface area contributed by atoms with Crippen molar-refractivity contribution in [2.75, 3.05) is 50.6 Å². The van der Waals surface area contributed by atoms with Crippen LogP contribution < -0.4 is 15.0 Å². The van der Waals surface area contributed by atoms with E-state index in [0.29, 0.717) is 22.0 Å². The first-order valence-electron chi connectivity index (χ1n) is 8.11. The minimum absolute atomic E-state index is 0.284. The molecule has 0 saturated carbocycles. The van der Waals surface area contributed by atoms with Gasteiger partial charge in [0.2, 0.25) is 0 Å². The minimum atomic E-state index is -0.284. The van der Waals surface area contributed by atoms with Crippen molar-refractivity contribution in [1.82, 2.24) is 9.88 Å². The maximum absolute atomic E-state index is 12.5. The number of likely N-dealkylation sites (N-methyl/N-ethyl adjacent to an activating group) is 1. The molecule has 1 aromatic carbocycles. The summed E-state index contributed by atoms with van der Waals surface area (Å²) in [4.78, 5) is 21.5. The Balaban J connectivity index is 1.69. The Kier molecular flexibility index (Phi) is 5.40. The summed E-state index contributed by atoms with van der Waals surface area (Å²) in [5.74, 6) is 1.11. The van der Waals surface area contributed by atoms with E-state index < -0.39 is 0 Å². The Bertz CT molecular complexity index is 743. The van der Waals surface area contributed by atoms with E-state index in [9.17, 15) is 4.79 Å². The normalized spacial score (nSPS) is 15.1. The van der Waals surface area contributed by atoms with Gasteiger partial charge in [0.25, 0.3) is 5.91 Å². The number of aromatic nitrogens is 1. The number of nitrogens with one attached hydrogen (secondary N) is 1. The largest absolute Gasteiger partial charge is 0.496 e. The lowest BCUT2D eigenvalue weighted by atomic mass is 10.2. The molecule has 0 spiro atoms. The second-order valence-corrected chi connectivity index (χ2v) is 6.43. The molecule has 0 atom stereocenters. The van der Waals surface area contributed by atoms with Gasteiger partial charge in [-0.05, 0) is 37.4 Å². The highest BCUT2D eigenvalue weighted by atomic mass is 35.5. The molecule has 0 bridgehead atoms. The summed E-state index contributed by atoms with van der Waals surface area (Å²) in [5.41, 5.74) is 1.02. The molecule has 1 fully saturated rings. The Hall–Kier alpha value is -2.31. The van der Waals surface area contributed by atoms with Crippen LogP contribution in [0.25, 0.3) is 0 Å². The molecule has 132 valence electrons. The first-order chi connectivity index (χ1) is 12.1. The Morgan fingerprint density at radius 1 is 1.20 bits per heavy atom. The smallest absolute Gasteiger partial charge is 0.259 e. The lowest BCUT2D eigenvalue weighted by molar-refractivity contribution is 0.102. The van der Waals surface area contributed by atoms with Crippen LogP contribution in [0.5, 0.6) is 5.75 Å². The molecule has 1 N–H and O–H groups in total. The number of benzene rings is 1. The minimum Gasteiger partial charge on any atom is -0.496 e. The van der Waals surface area contributed by atoms with E-state index in [0.717, 1.165) is 32.0 Å². The van der Waals surface area contributed by atoms with Gasteiger partial charge in [0.05, 0.1) is 24.6 Å². The highest BCUT2D eigenvalue weighted by molar-refractivity contribution is 6.31. The number of anilines is 2. The summed E-state index contributed by atoms with van der Waals surface area (Å²) in [5, 5.41) is 3.31. The lowest BCUT2D eigenvalue weighted by Crippen LogP contribution is -2.44. The van der Waals surface area contributed by atoms with Crippen molar-refractivity contribution in [3.05, 3.63) is 47.1 Å². The number of hydrogen-bond acceptors (Lipinski definition) is 5. The number of amides is 1. The average Bonchev–Trinajstić information content (AvgIpc) is 2.63. The van der Waals surface area contributed by atoms with E-state index in [1.54, 1.807) is 24.4 Å². The monoisotopic (exact) mass is 360 g/mol. The van der Waals surface area contributed by atoms with Crippen molar-refractivity contribution in [2.45, 2.75) is 0 Å². The number of nitrogens with zero attached hydrogens (tertiary/aromatic N) is 3. The summed E-state index contributed by atoms with van der Waals surface area (Å²) >= 11 is 5.98. The van der Waals surface area contributed by atoms with Crippen LogP contribution in [0, 0.1) is 0 Å². The van der Waals surface area contributed by atoms with Gasteiger partial charge < -0.3 is 19.9 Å². The van der Waals surface area contributed by atoms with Gasteiger partial charge in [0.15, 0.2) is 0 Å². The number of piperazine rings is 1. The third kappa shape index (κ3) is 4.21. The van der Waals surface area contributed by atoms with Gasteiger partial charge >= 0.3 is 0 Å². The van der Waals surface area contributed by atoms with Crippen LogP contribution in [0.4, 0.5) is 11.5 Å². The molecule has 3 rings (SSSR count). The molecule has 0 aliphatic carbocycles. The number of ether oxygens (including phenoxy) is 1. The third-order valence-electron chi connectivity index (χ3n) is 4.24. The van der Waals surface area contributed by atoms with E-state index in [-0.39, 0.29) is 5.91 Å². The van der Waals surface area contributed by atoms with Gasteiger partial charge in [-0.2, -0.15) is 0 Å². The highest BCUT2D eigenvalue weighted by Gasteiger charge is 2.16. The summed E-state index contributed by atoms with van der Waals surface area (Å²) in [6.45, 7) is 3.95. The predicted molar refractivity (Wildman–Crippen MR) is 99.9 cm³/mol. The van der Waals surface area contributed by atoms with Crippen LogP contribution in [0.3, 0.4) is 0 Å². The second-order valence-electron chi connectivity index (χ2n) is 5.99. The van der Waals surface area contributed by atoms with E-state index in [4.69, 9.17) is 16.3 Å². The fourth-order valence-electron chi connectivity index (χ4n) is 2.74. The molecule has 0 radical (unpaired) electrons. The van der Waals surface area contributed by atoms with Crippen LogP contribution in [0.1, 0.15) is 10.4 Å². The number of carbonyl (C=O) groups excluding carboxylic acids is 1. The van der Waals surface area contributed by atoms with Gasteiger partial charge in [-0.3, -0.25) is 4.79 Å². The van der Waals surface area contributed by atoms with Gasteiger partial charge in [0, 0.05) is 31.2 Å². The van der Waals surface area contributed by atoms with Crippen LogP contribution in [-0.4, -0.2) is 56.1 Å². The number of rotatable bonds is 4. The van der Waals surface area contributed by atoms with Crippen molar-refractivity contribution in [2.24, 2.45) is 0 Å². The number of hydrogen-bond donors (Lipinski definition) is 1. The van der Waals surface area contributed by atoms with Crippen molar-refractivity contribution in [3.63, 3.8) is 0 Å². The SMILES string of the molecule is COc1ccc(Cl)cc1C(=O)Nc1ccc(N2CCN(C)CC2)nc1. The molecule has 0 unspecified atom stereocenters. The zero-order chi connectivity index (χ0) is 17.8. The third-order valence-corrected chi connectivity index (χ3v) is 4.47. The van der Waals surface area contributed by atoms with Crippen molar-refractivity contribution < 1.29 is 9.53 Å². The van der Waals surface area contributed by atoms with Crippen LogP contribution >= 0.6 is 11.6 Å². The van der Waals surface area contributed by atoms with Crippen molar-refractivity contribution in [3.8, 4) is 5.75 Å². The predicted octanol–water partition coefficient (Wildman–Crippen LogP) is 2.75. The molecule has 6 nitrogen and oxygen atoms in total. The standard InChI is InChI=1S/C18H21ClN4O2/c1-22-7-9-23(10-8-22)17-6-4-14(12-20-17)21-18(24)15-11-13(19)3-5-16(15)25-2/h3-6,11-12H,7-10H2,1-2H3,(H,21,24). The summed E-state index contributed by atoms with van der Waals surface area (Å²) in [6, 6.07) is 8.73. The van der Waals surface area contributed by atoms with Crippen molar-refractivity contribution in [1.29, 1.82) is 0 Å². The van der Waals surface area contributed by atoms with E-state index >= 15 is 0 Å². The number of carbonyl (C=O) groups is 1. The molecule has 7 heteroatoms. The molecular weight excluding hydrogens is 340 g/mol. The zero-order valence-electron chi connectivity index (χ0n) is 14.3. The zero-order valence-corrected chi connectivity index (χ0v) is 15.1. The molecule has 1 aromatic heterocycles. The summed E-state index contributed by atoms with van der Waals surface area (Å²) < 4.78 is 5.22. The fourth-order valence-corrected chi connectivity index (χ4v) is 2.91. The van der Waals surface area contributed by atoms with E-state index in [1.807, 2.05) is 12.1 Å². The van der Waals surface area contributed by atoms with Crippen LogP contribution in [0.15, 0.2) is 36.5 Å². The number of halogens is 1. The Morgan fingerprint density at radius 2 is 1.96 bits per heavy atom. The molecule has 1 saturated heterocycles. The maximum Gasteiger partial charge on any atom is 0.259 e. The molecule has 2 heterocycles. The number of pyridine rings is 1. The van der Waals surface area contributed by atoms with E-state index in [2.05, 4.69) is 27.1 Å². The summed E-state index contributed by atoms with van der Waals surface area (Å²) in [6.07, 6.45) is 1.67. The van der Waals surface area contributed by atoms with Gasteiger partial charge in [-0.1, -0.05) is 11.6 Å². The molecule has 1 aliphatic heterocycles. The maximum atomic E-state index is 12.5. The molecule has 25 heavy (non-hydrogen) atoms. The van der Waals surface area contributed by atoms with Gasteiger partial charge in [-0.25, -0.2) is 4.98 Å². The fraction of sp³-hybridized carbons (Fsp3) is 0.333. The molecule has 1 amide bonds. The molecule has 2 aromatic rings. The Labute approximate surface area is 152 Å². The second kappa shape index (κ2) is 7.72. The highest BCUT2D eigenvalue weighted by Crippen LogP contribution is 2.24. The molecular formula is C18H21ClN4O2. The first kappa shape index (κ1) is 17.5. The van der Waals surface area contributed by atoms with Crippen LogP contribution in [0.2, 0.25) is 5.02 Å². The quantitative estimate of drug-likeness (QED) is 0.908. The van der Waals surface area contributed by atoms with E-state index in [1.165, 1.54) is 7.11 Å². The van der Waals surface area contributed by atoms with Crippen molar-refractivity contribution >= 4 is 29.0 Å². The topological polar surface area (TPSA) is 57.7 Å².